The number of hydrogen-bond donors (Lipinski definition) is 2. The molecule has 0 saturated heterocycles. The fourth-order valence-corrected chi connectivity index (χ4v) is 2.00. The van der Waals surface area contributed by atoms with Crippen LogP contribution in [0.5, 0.6) is 0 Å². The van der Waals surface area contributed by atoms with Crippen molar-refractivity contribution in [3.63, 3.8) is 0 Å². The molecule has 2 aromatic rings. The summed E-state index contributed by atoms with van der Waals surface area (Å²) in [6, 6.07) is 6.98. The second-order valence-corrected chi connectivity index (χ2v) is 5.02. The molecular weight excluding hydrogens is 272 g/mol. The summed E-state index contributed by atoms with van der Waals surface area (Å²) < 4.78 is 1.91. The van der Waals surface area contributed by atoms with Gasteiger partial charge in [0.15, 0.2) is 0 Å². The summed E-state index contributed by atoms with van der Waals surface area (Å²) in [6.07, 6.45) is 5.28. The van der Waals surface area contributed by atoms with Gasteiger partial charge in [-0.2, -0.15) is 0 Å². The van der Waals surface area contributed by atoms with Gasteiger partial charge < -0.3 is 15.6 Å². The molecule has 20 heavy (non-hydrogen) atoms. The van der Waals surface area contributed by atoms with Gasteiger partial charge in [0.2, 0.25) is 0 Å². The summed E-state index contributed by atoms with van der Waals surface area (Å²) in [7, 11) is 0. The predicted molar refractivity (Wildman–Crippen MR) is 81.5 cm³/mol. The molecule has 0 fully saturated rings. The highest BCUT2D eigenvalue weighted by Crippen LogP contribution is 2.06. The Morgan fingerprint density at radius 2 is 2.25 bits per heavy atom. The van der Waals surface area contributed by atoms with Crippen molar-refractivity contribution in [1.82, 2.24) is 14.9 Å². The van der Waals surface area contributed by atoms with Crippen LogP contribution < -0.4 is 11.1 Å². The van der Waals surface area contributed by atoms with E-state index in [1.54, 1.807) is 36.8 Å². The Kier molecular flexibility index (Phi) is 4.47. The van der Waals surface area contributed by atoms with Gasteiger partial charge in [0, 0.05) is 36.1 Å². The molecule has 0 aliphatic carbocycles. The zero-order valence-corrected chi connectivity index (χ0v) is 11.9. The van der Waals surface area contributed by atoms with Crippen molar-refractivity contribution in [1.29, 1.82) is 0 Å². The first-order chi connectivity index (χ1) is 9.56. The van der Waals surface area contributed by atoms with Crippen molar-refractivity contribution < 1.29 is 4.79 Å². The highest BCUT2D eigenvalue weighted by molar-refractivity contribution is 7.80. The van der Waals surface area contributed by atoms with E-state index in [-0.39, 0.29) is 16.9 Å². The second-order valence-electron chi connectivity index (χ2n) is 4.58. The lowest BCUT2D eigenvalue weighted by Gasteiger charge is -2.14. The maximum absolute atomic E-state index is 12.1. The summed E-state index contributed by atoms with van der Waals surface area (Å²) in [5.41, 5.74) is 6.80. The maximum atomic E-state index is 12.1. The topological polar surface area (TPSA) is 72.9 Å². The molecule has 0 aliphatic heterocycles. The van der Waals surface area contributed by atoms with E-state index in [2.05, 4.69) is 10.3 Å². The molecule has 1 unspecified atom stereocenters. The molecule has 0 radical (unpaired) electrons. The molecule has 1 atom stereocenters. The van der Waals surface area contributed by atoms with E-state index in [1.165, 1.54) is 0 Å². The largest absolute Gasteiger partial charge is 0.389 e. The molecule has 6 heteroatoms. The van der Waals surface area contributed by atoms with E-state index < -0.39 is 0 Å². The number of carbonyl (C=O) groups is 1. The number of hydrogen-bond acceptors (Lipinski definition) is 3. The summed E-state index contributed by atoms with van der Waals surface area (Å²) in [5.74, 6) is -0.143. The predicted octanol–water partition coefficient (Wildman–Crippen LogP) is 1.34. The smallest absolute Gasteiger partial charge is 0.251 e. The third kappa shape index (κ3) is 3.64. The quantitative estimate of drug-likeness (QED) is 0.814. The fourth-order valence-electron chi connectivity index (χ4n) is 1.88. The number of nitrogens with zero attached hydrogens (tertiary/aromatic N) is 2. The van der Waals surface area contributed by atoms with Gasteiger partial charge in [-0.3, -0.25) is 4.79 Å². The first-order valence-electron chi connectivity index (χ1n) is 6.22. The number of nitrogens with one attached hydrogen (secondary N) is 1. The molecule has 0 aliphatic rings. The Balaban J connectivity index is 2.00. The molecular formula is C14H16N4OS. The van der Waals surface area contributed by atoms with Crippen LogP contribution in [0.4, 0.5) is 0 Å². The fraction of sp³-hybridized carbons (Fsp3) is 0.214. The van der Waals surface area contributed by atoms with Crippen LogP contribution in [0, 0.1) is 0 Å². The van der Waals surface area contributed by atoms with Crippen LogP contribution in [0.15, 0.2) is 43.0 Å². The molecule has 0 saturated carbocycles. The standard InChI is InChI=1S/C14H16N4OS/c1-10(8-18-6-5-16-9-18)17-14(19)12-4-2-3-11(7-12)13(15)20/h2-7,9-10H,8H2,1H3,(H2,15,20)(H,17,19). The summed E-state index contributed by atoms with van der Waals surface area (Å²) >= 11 is 4.91. The molecule has 0 bridgehead atoms. The number of benzene rings is 1. The number of thiocarbonyl (C=S) groups is 1. The summed E-state index contributed by atoms with van der Waals surface area (Å²) in [4.78, 5) is 16.4. The third-order valence-corrected chi connectivity index (χ3v) is 3.07. The molecule has 104 valence electrons. The van der Waals surface area contributed by atoms with Crippen molar-refractivity contribution in [2.75, 3.05) is 0 Å². The highest BCUT2D eigenvalue weighted by atomic mass is 32.1. The van der Waals surface area contributed by atoms with Crippen LogP contribution in [-0.4, -0.2) is 26.5 Å². The molecule has 1 aromatic heterocycles. The van der Waals surface area contributed by atoms with Gasteiger partial charge in [-0.15, -0.1) is 0 Å². The average Bonchev–Trinajstić information content (AvgIpc) is 2.91. The minimum Gasteiger partial charge on any atom is -0.389 e. The van der Waals surface area contributed by atoms with Crippen molar-refractivity contribution in [3.8, 4) is 0 Å². The van der Waals surface area contributed by atoms with Gasteiger partial charge >= 0.3 is 0 Å². The lowest BCUT2D eigenvalue weighted by Crippen LogP contribution is -2.35. The maximum Gasteiger partial charge on any atom is 0.251 e. The normalized spacial score (nSPS) is 11.8. The van der Waals surface area contributed by atoms with Gasteiger partial charge in [0.1, 0.15) is 4.99 Å². The molecule has 0 spiro atoms. The molecule has 3 N–H and O–H groups in total. The third-order valence-electron chi connectivity index (χ3n) is 2.83. The second kappa shape index (κ2) is 6.29. The number of amides is 1. The first-order valence-corrected chi connectivity index (χ1v) is 6.63. The number of carbonyl (C=O) groups excluding carboxylic acids is 1. The van der Waals surface area contributed by atoms with Crippen LogP contribution in [-0.2, 0) is 6.54 Å². The number of aromatic nitrogens is 2. The average molecular weight is 288 g/mol. The van der Waals surface area contributed by atoms with Crippen LogP contribution >= 0.6 is 12.2 Å². The van der Waals surface area contributed by atoms with Gasteiger partial charge in [-0.25, -0.2) is 4.98 Å². The van der Waals surface area contributed by atoms with Crippen LogP contribution in [0.3, 0.4) is 0 Å². The van der Waals surface area contributed by atoms with Gasteiger partial charge in [0.25, 0.3) is 5.91 Å². The molecule has 5 nitrogen and oxygen atoms in total. The van der Waals surface area contributed by atoms with E-state index in [4.69, 9.17) is 18.0 Å². The monoisotopic (exact) mass is 288 g/mol. The number of nitrogens with two attached hydrogens (primary N) is 1. The molecule has 2 rings (SSSR count). The van der Waals surface area contributed by atoms with Gasteiger partial charge in [-0.1, -0.05) is 24.4 Å². The Morgan fingerprint density at radius 3 is 2.90 bits per heavy atom. The minimum atomic E-state index is -0.143. The Hall–Kier alpha value is -2.21. The van der Waals surface area contributed by atoms with E-state index >= 15 is 0 Å². The van der Waals surface area contributed by atoms with E-state index in [0.717, 1.165) is 0 Å². The number of rotatable bonds is 5. The SMILES string of the molecule is CC(Cn1ccnc1)NC(=O)c1cccc(C(N)=S)c1. The Morgan fingerprint density at radius 1 is 1.50 bits per heavy atom. The summed E-state index contributed by atoms with van der Waals surface area (Å²) in [5, 5.41) is 2.93. The van der Waals surface area contributed by atoms with Gasteiger partial charge in [-0.05, 0) is 19.1 Å². The van der Waals surface area contributed by atoms with Crippen LogP contribution in [0.1, 0.15) is 22.8 Å². The van der Waals surface area contributed by atoms with Crippen molar-refractivity contribution in [3.05, 3.63) is 54.1 Å². The minimum absolute atomic E-state index is 0.00909. The molecule has 1 heterocycles. The van der Waals surface area contributed by atoms with Crippen molar-refractivity contribution in [2.24, 2.45) is 5.73 Å². The Labute approximate surface area is 122 Å². The van der Waals surface area contributed by atoms with Crippen molar-refractivity contribution in [2.45, 2.75) is 19.5 Å². The van der Waals surface area contributed by atoms with Gasteiger partial charge in [0.05, 0.1) is 6.33 Å². The first kappa shape index (κ1) is 14.2. The molecule has 1 aromatic carbocycles. The summed E-state index contributed by atoms with van der Waals surface area (Å²) in [6.45, 7) is 2.61. The van der Waals surface area contributed by atoms with Crippen molar-refractivity contribution >= 4 is 23.1 Å². The zero-order valence-electron chi connectivity index (χ0n) is 11.1. The zero-order chi connectivity index (χ0) is 14.5. The lowest BCUT2D eigenvalue weighted by molar-refractivity contribution is 0.0936. The van der Waals surface area contributed by atoms with E-state index in [9.17, 15) is 4.79 Å². The lowest BCUT2D eigenvalue weighted by atomic mass is 10.1. The van der Waals surface area contributed by atoms with Crippen LogP contribution in [0.2, 0.25) is 0 Å². The number of imidazole rings is 1. The molecule has 1 amide bonds. The van der Waals surface area contributed by atoms with E-state index in [0.29, 0.717) is 17.7 Å². The Bertz CT molecular complexity index is 609. The van der Waals surface area contributed by atoms with Crippen LogP contribution in [0.25, 0.3) is 0 Å². The highest BCUT2D eigenvalue weighted by Gasteiger charge is 2.11. The van der Waals surface area contributed by atoms with E-state index in [1.807, 2.05) is 17.7 Å².